The van der Waals surface area contributed by atoms with E-state index in [0.717, 1.165) is 57.8 Å². The van der Waals surface area contributed by atoms with Crippen molar-refractivity contribution in [2.45, 2.75) is 449 Å². The minimum atomic E-state index is -1.61. The summed E-state index contributed by atoms with van der Waals surface area (Å²) >= 11 is 0. The van der Waals surface area contributed by atoms with Gasteiger partial charge in [0.05, 0.1) is 25.4 Å². The molecule has 0 saturated carbocycles. The smallest absolute Gasteiger partial charge is 0.306 e. The highest BCUT2D eigenvalue weighted by Crippen LogP contribution is 2.27. The number of ether oxygens (including phenoxy) is 3. The molecule has 1 fully saturated rings. The highest BCUT2D eigenvalue weighted by molar-refractivity contribution is 5.80. The van der Waals surface area contributed by atoms with Crippen LogP contribution in [0.5, 0.6) is 0 Å². The summed E-state index contributed by atoms with van der Waals surface area (Å²) in [5.41, 5.74) is 0. The Morgan fingerprint density at radius 3 is 1.09 bits per heavy atom. The molecule has 6 N–H and O–H groups in total. The lowest BCUT2D eigenvalue weighted by molar-refractivity contribution is -0.305. The Balaban J connectivity index is 2.47. The standard InChI is InChI=1S/C78H149NO10/c1-4-7-10-13-16-19-22-24-26-28-30-32-34-36-38-40-42-44-46-48-51-54-57-60-63-66-73(83)89-76-75(85)74(84)72(67-80)88-78(76)87-68-69(70(81)64-61-58-55-52-49-21-18-15-12-9-6-3)79-77(86)71(82)65-62-59-56-53-50-47-45-43-41-39-37-35-33-31-29-27-25-23-20-17-14-11-8-5-2/h25,27,61,64,69-72,74-76,78,80-82,84-85H,4-24,26,28-60,62-63,65-68H2,1-3H3,(H,79,86)/b27-25+,64-61+. The zero-order valence-electron chi connectivity index (χ0n) is 58.8. The maximum absolute atomic E-state index is 13.5. The molecule has 526 valence electrons. The molecule has 0 radical (unpaired) electrons. The van der Waals surface area contributed by atoms with Gasteiger partial charge in [-0.3, -0.25) is 9.59 Å². The van der Waals surface area contributed by atoms with Crippen LogP contribution in [0.15, 0.2) is 24.3 Å². The van der Waals surface area contributed by atoms with E-state index in [9.17, 15) is 35.1 Å². The van der Waals surface area contributed by atoms with Crippen molar-refractivity contribution >= 4 is 11.9 Å². The van der Waals surface area contributed by atoms with Gasteiger partial charge in [-0.2, -0.15) is 0 Å². The molecule has 1 aliphatic rings. The number of hydrogen-bond acceptors (Lipinski definition) is 10. The number of aliphatic hydroxyl groups is 5. The van der Waals surface area contributed by atoms with Crippen molar-refractivity contribution in [3.05, 3.63) is 24.3 Å². The minimum absolute atomic E-state index is 0.131. The number of aliphatic hydroxyl groups excluding tert-OH is 5. The van der Waals surface area contributed by atoms with Gasteiger partial charge in [-0.1, -0.05) is 366 Å². The van der Waals surface area contributed by atoms with Crippen molar-refractivity contribution < 1.29 is 49.3 Å². The number of esters is 1. The summed E-state index contributed by atoms with van der Waals surface area (Å²) in [5.74, 6) is -1.17. The molecule has 89 heavy (non-hydrogen) atoms. The second kappa shape index (κ2) is 66.2. The number of carbonyl (C=O) groups excluding carboxylic acids is 2. The number of carbonyl (C=O) groups is 2. The molecule has 11 nitrogen and oxygen atoms in total. The molecule has 0 aromatic rings. The van der Waals surface area contributed by atoms with Crippen molar-refractivity contribution in [1.29, 1.82) is 0 Å². The van der Waals surface area contributed by atoms with E-state index < -0.39 is 67.4 Å². The maximum atomic E-state index is 13.5. The Morgan fingerprint density at radius 2 is 0.742 bits per heavy atom. The van der Waals surface area contributed by atoms with E-state index >= 15 is 0 Å². The van der Waals surface area contributed by atoms with Gasteiger partial charge in [0.25, 0.3) is 0 Å². The maximum Gasteiger partial charge on any atom is 0.306 e. The predicted octanol–water partition coefficient (Wildman–Crippen LogP) is 20.7. The summed E-state index contributed by atoms with van der Waals surface area (Å²) in [7, 11) is 0. The molecule has 1 heterocycles. The second-order valence-electron chi connectivity index (χ2n) is 27.5. The first-order chi connectivity index (χ1) is 43.7. The second-order valence-corrected chi connectivity index (χ2v) is 27.5. The van der Waals surface area contributed by atoms with Crippen LogP contribution in [0.3, 0.4) is 0 Å². The largest absolute Gasteiger partial charge is 0.454 e. The number of amides is 1. The third kappa shape index (κ3) is 53.1. The van der Waals surface area contributed by atoms with Crippen LogP contribution in [-0.4, -0.2) is 99.6 Å². The molecule has 8 atom stereocenters. The molecule has 0 aliphatic carbocycles. The summed E-state index contributed by atoms with van der Waals surface area (Å²) < 4.78 is 17.7. The summed E-state index contributed by atoms with van der Waals surface area (Å²) in [6.07, 6.45) is 71.0. The van der Waals surface area contributed by atoms with Crippen molar-refractivity contribution in [2.24, 2.45) is 0 Å². The first-order valence-electron chi connectivity index (χ1n) is 39.1. The van der Waals surface area contributed by atoms with Gasteiger partial charge >= 0.3 is 5.97 Å². The van der Waals surface area contributed by atoms with E-state index in [0.29, 0.717) is 19.3 Å². The van der Waals surface area contributed by atoms with Crippen LogP contribution < -0.4 is 5.32 Å². The van der Waals surface area contributed by atoms with Crippen LogP contribution in [0.1, 0.15) is 400 Å². The van der Waals surface area contributed by atoms with Gasteiger partial charge in [-0.05, 0) is 51.4 Å². The molecule has 11 heteroatoms. The Kier molecular flexibility index (Phi) is 63.3. The fourth-order valence-electron chi connectivity index (χ4n) is 12.7. The molecule has 0 aromatic carbocycles. The van der Waals surface area contributed by atoms with E-state index in [1.807, 2.05) is 6.08 Å². The molecule has 1 amide bonds. The Hall–Kier alpha value is -1.86. The lowest BCUT2D eigenvalue weighted by Gasteiger charge is -2.41. The zero-order valence-corrected chi connectivity index (χ0v) is 58.8. The predicted molar refractivity (Wildman–Crippen MR) is 375 cm³/mol. The van der Waals surface area contributed by atoms with Crippen molar-refractivity contribution in [3.8, 4) is 0 Å². The Labute approximate surface area is 550 Å². The monoisotopic (exact) mass is 1260 g/mol. The minimum Gasteiger partial charge on any atom is -0.454 e. The summed E-state index contributed by atoms with van der Waals surface area (Å²) in [4.78, 5) is 26.7. The van der Waals surface area contributed by atoms with Gasteiger partial charge in [0.2, 0.25) is 5.91 Å². The Morgan fingerprint density at radius 1 is 0.427 bits per heavy atom. The molecule has 1 rings (SSSR count). The van der Waals surface area contributed by atoms with Gasteiger partial charge < -0.3 is 45.1 Å². The van der Waals surface area contributed by atoms with E-state index in [1.165, 1.54) is 295 Å². The molecule has 1 saturated heterocycles. The highest BCUT2D eigenvalue weighted by atomic mass is 16.7. The molecule has 0 spiro atoms. The number of allylic oxidation sites excluding steroid dienone is 3. The van der Waals surface area contributed by atoms with Gasteiger partial charge in [0, 0.05) is 6.42 Å². The van der Waals surface area contributed by atoms with Crippen LogP contribution in [-0.2, 0) is 23.8 Å². The fourth-order valence-corrected chi connectivity index (χ4v) is 12.7. The number of nitrogens with one attached hydrogen (secondary N) is 1. The van der Waals surface area contributed by atoms with Crippen molar-refractivity contribution in [3.63, 3.8) is 0 Å². The Bertz CT molecular complexity index is 1550. The average molecular weight is 1260 g/mol. The number of rotatable bonds is 69. The van der Waals surface area contributed by atoms with E-state index in [1.54, 1.807) is 6.08 Å². The fraction of sp³-hybridized carbons (Fsp3) is 0.923. The third-order valence-corrected chi connectivity index (χ3v) is 18.9. The van der Waals surface area contributed by atoms with Crippen molar-refractivity contribution in [1.82, 2.24) is 5.32 Å². The summed E-state index contributed by atoms with van der Waals surface area (Å²) in [6.45, 7) is 5.86. The molecule has 8 unspecified atom stereocenters. The van der Waals surface area contributed by atoms with E-state index in [2.05, 4.69) is 38.2 Å². The molecule has 1 aliphatic heterocycles. The van der Waals surface area contributed by atoms with Crippen LogP contribution in [0, 0.1) is 0 Å². The van der Waals surface area contributed by atoms with E-state index in [4.69, 9.17) is 14.2 Å². The molecule has 0 aromatic heterocycles. The summed E-state index contributed by atoms with van der Waals surface area (Å²) in [5, 5.41) is 57.3. The highest BCUT2D eigenvalue weighted by Gasteiger charge is 2.47. The normalized spacial score (nSPS) is 18.1. The van der Waals surface area contributed by atoms with Crippen LogP contribution in [0.2, 0.25) is 0 Å². The average Bonchev–Trinajstić information content (AvgIpc) is 3.72. The first-order valence-corrected chi connectivity index (χ1v) is 39.1. The SMILES string of the molecule is CCCCCCCC/C=C/CCCCCCCCCCCCCCCCC(O)C(=O)NC(COC1OC(CO)C(O)C(O)C1OC(=O)CCCCCCCCCCCCCCCCCCCCCCCCCCC)C(O)/C=C/CCCCCCCCCCC. The van der Waals surface area contributed by atoms with Gasteiger partial charge in [-0.15, -0.1) is 0 Å². The number of hydrogen-bond donors (Lipinski definition) is 6. The third-order valence-electron chi connectivity index (χ3n) is 18.9. The quantitative estimate of drug-likeness (QED) is 0.0195. The molecular formula is C78H149NO10. The molecular weight excluding hydrogens is 1110 g/mol. The van der Waals surface area contributed by atoms with Gasteiger partial charge in [0.1, 0.15) is 24.4 Å². The van der Waals surface area contributed by atoms with Crippen LogP contribution in [0.25, 0.3) is 0 Å². The van der Waals surface area contributed by atoms with Crippen molar-refractivity contribution in [2.75, 3.05) is 13.2 Å². The van der Waals surface area contributed by atoms with Gasteiger partial charge in [0.15, 0.2) is 12.4 Å². The summed E-state index contributed by atoms with van der Waals surface area (Å²) in [6, 6.07) is -1.02. The molecule has 0 bridgehead atoms. The first kappa shape index (κ1) is 85.2. The topological polar surface area (TPSA) is 175 Å². The van der Waals surface area contributed by atoms with E-state index in [-0.39, 0.29) is 13.0 Å². The lowest BCUT2D eigenvalue weighted by atomic mass is 9.99. The lowest BCUT2D eigenvalue weighted by Crippen LogP contribution is -2.61. The zero-order chi connectivity index (χ0) is 64.6. The number of unbranched alkanes of at least 4 members (excludes halogenated alkanes) is 53. The van der Waals surface area contributed by atoms with Crippen LogP contribution in [0.4, 0.5) is 0 Å². The van der Waals surface area contributed by atoms with Gasteiger partial charge in [-0.25, -0.2) is 0 Å². The van der Waals surface area contributed by atoms with Crippen LogP contribution >= 0.6 is 0 Å².